The fourth-order valence-electron chi connectivity index (χ4n) is 2.32. The molecule has 2 N–H and O–H groups in total. The zero-order chi connectivity index (χ0) is 14.8. The molecule has 1 aliphatic heterocycles. The van der Waals surface area contributed by atoms with Crippen LogP contribution in [0.25, 0.3) is 0 Å². The largest absolute Gasteiger partial charge is 0.324 e. The van der Waals surface area contributed by atoms with Gasteiger partial charge in [-0.2, -0.15) is 4.31 Å². The van der Waals surface area contributed by atoms with Gasteiger partial charge >= 0.3 is 0 Å². The number of sulfonamides is 1. The second-order valence-corrected chi connectivity index (χ2v) is 7.23. The van der Waals surface area contributed by atoms with Gasteiger partial charge in [-0.15, -0.1) is 0 Å². The summed E-state index contributed by atoms with van der Waals surface area (Å²) in [6, 6.07) is 6.91. The van der Waals surface area contributed by atoms with Crippen molar-refractivity contribution in [3.63, 3.8) is 0 Å². The van der Waals surface area contributed by atoms with E-state index in [1.165, 1.54) is 0 Å². The molecule has 0 aliphatic carbocycles. The van der Waals surface area contributed by atoms with E-state index in [9.17, 15) is 8.42 Å². The monoisotopic (exact) mass is 297 g/mol. The van der Waals surface area contributed by atoms with Crippen LogP contribution in [0.2, 0.25) is 0 Å². The van der Waals surface area contributed by atoms with Crippen LogP contribution in [0.15, 0.2) is 29.2 Å². The number of rotatable bonds is 4. The normalized spacial score (nSPS) is 19.9. The molecular weight excluding hydrogens is 274 g/mol. The highest BCUT2D eigenvalue weighted by Crippen LogP contribution is 2.21. The van der Waals surface area contributed by atoms with E-state index >= 15 is 0 Å². The summed E-state index contributed by atoms with van der Waals surface area (Å²) in [4.78, 5) is 2.48. The summed E-state index contributed by atoms with van der Waals surface area (Å²) in [5, 5.41) is 0. The van der Waals surface area contributed by atoms with Crippen LogP contribution in [-0.2, 0) is 10.0 Å². The molecule has 0 bridgehead atoms. The highest BCUT2D eigenvalue weighted by Gasteiger charge is 2.27. The van der Waals surface area contributed by atoms with Crippen LogP contribution < -0.4 is 5.73 Å². The lowest BCUT2D eigenvalue weighted by atomic mass is 10.1. The van der Waals surface area contributed by atoms with Crippen LogP contribution in [0.4, 0.5) is 0 Å². The number of nitrogens with two attached hydrogens (primary N) is 1. The van der Waals surface area contributed by atoms with Gasteiger partial charge in [-0.05, 0) is 31.2 Å². The molecule has 5 nitrogen and oxygen atoms in total. The van der Waals surface area contributed by atoms with Gasteiger partial charge in [0.1, 0.15) is 0 Å². The summed E-state index contributed by atoms with van der Waals surface area (Å²) in [6.07, 6.45) is 0.790. The molecule has 1 atom stereocenters. The number of nitrogens with zero attached hydrogens (tertiary/aromatic N) is 2. The Morgan fingerprint density at radius 1 is 1.25 bits per heavy atom. The van der Waals surface area contributed by atoms with Crippen molar-refractivity contribution in [1.82, 2.24) is 9.21 Å². The Balaban J connectivity index is 2.25. The van der Waals surface area contributed by atoms with Gasteiger partial charge in [-0.1, -0.05) is 19.1 Å². The van der Waals surface area contributed by atoms with Crippen LogP contribution in [0.3, 0.4) is 0 Å². The zero-order valence-corrected chi connectivity index (χ0v) is 12.9. The molecule has 0 saturated carbocycles. The van der Waals surface area contributed by atoms with Crippen molar-refractivity contribution in [1.29, 1.82) is 0 Å². The van der Waals surface area contributed by atoms with Crippen molar-refractivity contribution < 1.29 is 8.42 Å². The van der Waals surface area contributed by atoms with Crippen molar-refractivity contribution in [2.75, 3.05) is 33.2 Å². The van der Waals surface area contributed by atoms with Gasteiger partial charge in [0.15, 0.2) is 0 Å². The van der Waals surface area contributed by atoms with E-state index in [0.717, 1.165) is 25.1 Å². The maximum absolute atomic E-state index is 12.6. The van der Waals surface area contributed by atoms with Crippen LogP contribution in [0, 0.1) is 0 Å². The predicted octanol–water partition coefficient (Wildman–Crippen LogP) is 1.03. The zero-order valence-electron chi connectivity index (χ0n) is 12.1. The van der Waals surface area contributed by atoms with E-state index < -0.39 is 10.0 Å². The number of hydrogen-bond donors (Lipinski definition) is 1. The van der Waals surface area contributed by atoms with Gasteiger partial charge in [0.2, 0.25) is 10.0 Å². The van der Waals surface area contributed by atoms with E-state index in [4.69, 9.17) is 5.73 Å². The smallest absolute Gasteiger partial charge is 0.243 e. The molecule has 1 fully saturated rings. The third kappa shape index (κ3) is 3.20. The summed E-state index contributed by atoms with van der Waals surface area (Å²) in [5.74, 6) is 0. The SMILES string of the molecule is CCC(N)c1cccc(S(=O)(=O)N2CCN(C)CC2)c1. The quantitative estimate of drug-likeness (QED) is 0.901. The molecule has 2 rings (SSSR count). The second-order valence-electron chi connectivity index (χ2n) is 5.29. The Bertz CT molecular complexity index is 551. The topological polar surface area (TPSA) is 66.6 Å². The third-order valence-corrected chi connectivity index (χ3v) is 5.72. The number of piperazine rings is 1. The molecule has 6 heteroatoms. The van der Waals surface area contributed by atoms with E-state index in [0.29, 0.717) is 18.0 Å². The van der Waals surface area contributed by atoms with E-state index in [-0.39, 0.29) is 6.04 Å². The number of likely N-dealkylation sites (N-methyl/N-ethyl adjacent to an activating group) is 1. The van der Waals surface area contributed by atoms with Crippen molar-refractivity contribution >= 4 is 10.0 Å². The molecule has 0 radical (unpaired) electrons. The first-order valence-corrected chi connectivity index (χ1v) is 8.43. The fraction of sp³-hybridized carbons (Fsp3) is 0.571. The Hall–Kier alpha value is -0.950. The summed E-state index contributed by atoms with van der Waals surface area (Å²) in [6.45, 7) is 4.62. The highest BCUT2D eigenvalue weighted by molar-refractivity contribution is 7.89. The Kier molecular flexibility index (Phi) is 4.80. The molecule has 0 amide bonds. The molecule has 0 aromatic heterocycles. The average Bonchev–Trinajstić information content (AvgIpc) is 2.47. The van der Waals surface area contributed by atoms with E-state index in [2.05, 4.69) is 4.90 Å². The van der Waals surface area contributed by atoms with Crippen molar-refractivity contribution in [2.24, 2.45) is 5.73 Å². The molecule has 1 unspecified atom stereocenters. The van der Waals surface area contributed by atoms with Crippen LogP contribution >= 0.6 is 0 Å². The maximum Gasteiger partial charge on any atom is 0.243 e. The minimum Gasteiger partial charge on any atom is -0.324 e. The van der Waals surface area contributed by atoms with Crippen molar-refractivity contribution in [2.45, 2.75) is 24.3 Å². The summed E-state index contributed by atoms with van der Waals surface area (Å²) in [7, 11) is -1.39. The van der Waals surface area contributed by atoms with Crippen molar-refractivity contribution in [3.05, 3.63) is 29.8 Å². The Morgan fingerprint density at radius 3 is 2.50 bits per heavy atom. The fourth-order valence-corrected chi connectivity index (χ4v) is 3.80. The summed E-state index contributed by atoms with van der Waals surface area (Å²) < 4.78 is 26.8. The third-order valence-electron chi connectivity index (χ3n) is 3.83. The van der Waals surface area contributed by atoms with Crippen LogP contribution in [-0.4, -0.2) is 50.8 Å². The van der Waals surface area contributed by atoms with Gasteiger partial charge in [0.05, 0.1) is 4.90 Å². The molecule has 1 aromatic rings. The Morgan fingerprint density at radius 2 is 1.90 bits per heavy atom. The van der Waals surface area contributed by atoms with Crippen LogP contribution in [0.5, 0.6) is 0 Å². The molecule has 1 aliphatic rings. The van der Waals surface area contributed by atoms with Gasteiger partial charge in [-0.25, -0.2) is 8.42 Å². The van der Waals surface area contributed by atoms with Gasteiger partial charge in [-0.3, -0.25) is 0 Å². The van der Waals surface area contributed by atoms with Gasteiger partial charge < -0.3 is 10.6 Å². The van der Waals surface area contributed by atoms with Crippen molar-refractivity contribution in [3.8, 4) is 0 Å². The lowest BCUT2D eigenvalue weighted by molar-refractivity contribution is 0.222. The van der Waals surface area contributed by atoms with Gasteiger partial charge in [0, 0.05) is 32.2 Å². The summed E-state index contributed by atoms with van der Waals surface area (Å²) in [5.41, 5.74) is 6.87. The van der Waals surface area contributed by atoms with Crippen LogP contribution in [0.1, 0.15) is 24.9 Å². The standard InChI is InChI=1S/C14H23N3O2S/c1-3-14(15)12-5-4-6-13(11-12)20(18,19)17-9-7-16(2)8-10-17/h4-6,11,14H,3,7-10,15H2,1-2H3. The van der Waals surface area contributed by atoms with E-state index in [1.807, 2.05) is 20.0 Å². The van der Waals surface area contributed by atoms with E-state index in [1.54, 1.807) is 22.5 Å². The summed E-state index contributed by atoms with van der Waals surface area (Å²) >= 11 is 0. The molecule has 1 saturated heterocycles. The van der Waals surface area contributed by atoms with Gasteiger partial charge in [0.25, 0.3) is 0 Å². The minimum atomic E-state index is -3.40. The lowest BCUT2D eigenvalue weighted by Crippen LogP contribution is -2.47. The Labute approximate surface area is 121 Å². The first-order valence-electron chi connectivity index (χ1n) is 6.99. The first-order chi connectivity index (χ1) is 9.45. The number of hydrogen-bond acceptors (Lipinski definition) is 4. The molecular formula is C14H23N3O2S. The highest BCUT2D eigenvalue weighted by atomic mass is 32.2. The lowest BCUT2D eigenvalue weighted by Gasteiger charge is -2.31. The number of benzene rings is 1. The molecule has 20 heavy (non-hydrogen) atoms. The molecule has 1 heterocycles. The predicted molar refractivity (Wildman–Crippen MR) is 79.9 cm³/mol. The minimum absolute atomic E-state index is 0.113. The molecule has 112 valence electrons. The second kappa shape index (κ2) is 6.22. The maximum atomic E-state index is 12.6. The average molecular weight is 297 g/mol. The first kappa shape index (κ1) is 15.4. The molecule has 0 spiro atoms. The molecule has 1 aromatic carbocycles.